The van der Waals surface area contributed by atoms with Crippen LogP contribution in [-0.2, 0) is 9.59 Å². The van der Waals surface area contributed by atoms with Crippen LogP contribution in [0.2, 0.25) is 0 Å². The van der Waals surface area contributed by atoms with Crippen LogP contribution in [0.5, 0.6) is 0 Å². The zero-order chi connectivity index (χ0) is 17.7. The molecular weight excluding hydrogens is 296 g/mol. The summed E-state index contributed by atoms with van der Waals surface area (Å²) in [6, 6.07) is -0.0910. The minimum absolute atomic E-state index is 0.0910. The van der Waals surface area contributed by atoms with Crippen molar-refractivity contribution in [3.8, 4) is 0 Å². The third-order valence-corrected chi connectivity index (χ3v) is 5.75. The fourth-order valence-corrected chi connectivity index (χ4v) is 3.72. The van der Waals surface area contributed by atoms with E-state index in [1.54, 1.807) is 0 Å². The van der Waals surface area contributed by atoms with Crippen LogP contribution in [0.25, 0.3) is 0 Å². The first kappa shape index (κ1) is 19.6. The number of nitrogens with one attached hydrogen (secondary N) is 1. The number of rotatable bonds is 7. The standard InChI is InChI=1S/C17H30N2O4/c1-5-16(6-2)12-19(23)17(7-3,8-4)11-13(16)18-14(20)9-10-15(21)22/h9-10,13,23H,5-8,11-12H2,1-4H3,(H,18,20)(H,21,22)/b10-9-. The predicted octanol–water partition coefficient (Wildman–Crippen LogP) is 2.57. The summed E-state index contributed by atoms with van der Waals surface area (Å²) >= 11 is 0. The lowest BCUT2D eigenvalue weighted by Gasteiger charge is -2.55. The molecule has 0 aromatic heterocycles. The van der Waals surface area contributed by atoms with Crippen molar-refractivity contribution in [2.75, 3.05) is 6.54 Å². The molecule has 6 nitrogen and oxygen atoms in total. The molecule has 23 heavy (non-hydrogen) atoms. The van der Waals surface area contributed by atoms with Crippen molar-refractivity contribution in [2.45, 2.75) is 71.4 Å². The molecule has 0 spiro atoms. The van der Waals surface area contributed by atoms with E-state index in [1.165, 1.54) is 5.06 Å². The molecular formula is C17H30N2O4. The highest BCUT2D eigenvalue weighted by Gasteiger charge is 2.50. The topological polar surface area (TPSA) is 89.9 Å². The minimum Gasteiger partial charge on any atom is -0.478 e. The van der Waals surface area contributed by atoms with E-state index in [-0.39, 0.29) is 17.0 Å². The molecule has 0 aromatic rings. The molecule has 1 rings (SSSR count). The molecule has 0 radical (unpaired) electrons. The Morgan fingerprint density at radius 1 is 1.13 bits per heavy atom. The summed E-state index contributed by atoms with van der Waals surface area (Å²) in [4.78, 5) is 22.6. The van der Waals surface area contributed by atoms with Crippen molar-refractivity contribution >= 4 is 11.9 Å². The summed E-state index contributed by atoms with van der Waals surface area (Å²) in [5, 5.41) is 23.7. The van der Waals surface area contributed by atoms with E-state index in [0.29, 0.717) is 13.0 Å². The van der Waals surface area contributed by atoms with E-state index in [4.69, 9.17) is 5.11 Å². The van der Waals surface area contributed by atoms with Gasteiger partial charge in [-0.05, 0) is 32.1 Å². The van der Waals surface area contributed by atoms with Gasteiger partial charge >= 0.3 is 5.97 Å². The van der Waals surface area contributed by atoms with Gasteiger partial charge in [-0.2, -0.15) is 5.06 Å². The van der Waals surface area contributed by atoms with E-state index in [2.05, 4.69) is 19.2 Å². The Kier molecular flexibility index (Phi) is 6.77. The number of hydrogen-bond acceptors (Lipinski definition) is 4. The molecule has 1 heterocycles. The van der Waals surface area contributed by atoms with Gasteiger partial charge in [-0.25, -0.2) is 4.79 Å². The van der Waals surface area contributed by atoms with Crippen LogP contribution in [0.4, 0.5) is 0 Å². The number of hydrogen-bond donors (Lipinski definition) is 3. The lowest BCUT2D eigenvalue weighted by molar-refractivity contribution is -0.230. The summed E-state index contributed by atoms with van der Waals surface area (Å²) < 4.78 is 0. The van der Waals surface area contributed by atoms with Crippen molar-refractivity contribution in [1.29, 1.82) is 0 Å². The second kappa shape index (κ2) is 7.93. The number of carbonyl (C=O) groups excluding carboxylic acids is 1. The van der Waals surface area contributed by atoms with E-state index < -0.39 is 11.9 Å². The summed E-state index contributed by atoms with van der Waals surface area (Å²) in [7, 11) is 0. The van der Waals surface area contributed by atoms with Gasteiger partial charge in [0.25, 0.3) is 0 Å². The molecule has 3 N–H and O–H groups in total. The second-order valence-electron chi connectivity index (χ2n) is 6.50. The highest BCUT2D eigenvalue weighted by Crippen LogP contribution is 2.44. The monoisotopic (exact) mass is 326 g/mol. The van der Waals surface area contributed by atoms with Gasteiger partial charge in [0.1, 0.15) is 0 Å². The van der Waals surface area contributed by atoms with Gasteiger partial charge in [-0.15, -0.1) is 0 Å². The Hall–Kier alpha value is -1.40. The first-order valence-electron chi connectivity index (χ1n) is 8.47. The van der Waals surface area contributed by atoms with Gasteiger partial charge in [0.15, 0.2) is 0 Å². The van der Waals surface area contributed by atoms with Crippen LogP contribution < -0.4 is 5.32 Å². The average molecular weight is 326 g/mol. The number of aliphatic carboxylic acids is 1. The van der Waals surface area contributed by atoms with Crippen LogP contribution in [-0.4, -0.2) is 45.4 Å². The molecule has 1 unspecified atom stereocenters. The van der Waals surface area contributed by atoms with Gasteiger partial charge in [0, 0.05) is 35.7 Å². The van der Waals surface area contributed by atoms with Gasteiger partial charge in [0.05, 0.1) is 0 Å². The van der Waals surface area contributed by atoms with Crippen LogP contribution in [0.15, 0.2) is 12.2 Å². The smallest absolute Gasteiger partial charge is 0.328 e. The van der Waals surface area contributed by atoms with E-state index in [9.17, 15) is 14.8 Å². The first-order chi connectivity index (χ1) is 10.8. The summed E-state index contributed by atoms with van der Waals surface area (Å²) in [5.41, 5.74) is -0.558. The van der Waals surface area contributed by atoms with Crippen molar-refractivity contribution in [1.82, 2.24) is 10.4 Å². The highest BCUT2D eigenvalue weighted by molar-refractivity contribution is 5.94. The van der Waals surface area contributed by atoms with E-state index in [1.807, 2.05) is 13.8 Å². The summed E-state index contributed by atoms with van der Waals surface area (Å²) in [6.45, 7) is 8.72. The van der Waals surface area contributed by atoms with Gasteiger partial charge in [-0.3, -0.25) is 4.79 Å². The Bertz CT molecular complexity index is 454. The van der Waals surface area contributed by atoms with Crippen LogP contribution in [0.1, 0.15) is 59.8 Å². The quantitative estimate of drug-likeness (QED) is 0.626. The number of amides is 1. The number of hydroxylamine groups is 2. The molecule has 1 aliphatic heterocycles. The molecule has 0 bridgehead atoms. The third kappa shape index (κ3) is 4.12. The van der Waals surface area contributed by atoms with Crippen LogP contribution in [0.3, 0.4) is 0 Å². The van der Waals surface area contributed by atoms with Gasteiger partial charge < -0.3 is 15.6 Å². The molecule has 1 fully saturated rings. The predicted molar refractivity (Wildman–Crippen MR) is 88.1 cm³/mol. The SMILES string of the molecule is CCC1(CC)CN(O)C(CC)(CC)CC1NC(=O)/C=C\C(=O)O. The zero-order valence-corrected chi connectivity index (χ0v) is 14.6. The molecule has 132 valence electrons. The molecule has 1 saturated heterocycles. The normalized spacial score (nSPS) is 23.8. The Morgan fingerprint density at radius 2 is 1.70 bits per heavy atom. The lowest BCUT2D eigenvalue weighted by Crippen LogP contribution is -2.65. The van der Waals surface area contributed by atoms with Crippen molar-refractivity contribution in [3.05, 3.63) is 12.2 Å². The average Bonchev–Trinajstić information content (AvgIpc) is 2.54. The maximum Gasteiger partial charge on any atom is 0.328 e. The second-order valence-corrected chi connectivity index (χ2v) is 6.50. The van der Waals surface area contributed by atoms with Crippen LogP contribution >= 0.6 is 0 Å². The number of carbonyl (C=O) groups is 2. The molecule has 6 heteroatoms. The maximum atomic E-state index is 12.1. The van der Waals surface area contributed by atoms with Gasteiger partial charge in [0.2, 0.25) is 5.91 Å². The maximum absolute atomic E-state index is 12.1. The van der Waals surface area contributed by atoms with Crippen molar-refractivity contribution in [3.63, 3.8) is 0 Å². The summed E-state index contributed by atoms with van der Waals surface area (Å²) in [5.74, 6) is -1.53. The van der Waals surface area contributed by atoms with E-state index in [0.717, 1.165) is 37.8 Å². The number of carboxylic acids is 1. The molecule has 0 aromatic carbocycles. The Labute approximate surface area is 138 Å². The molecule has 1 amide bonds. The Balaban J connectivity index is 3.05. The first-order valence-corrected chi connectivity index (χ1v) is 8.47. The summed E-state index contributed by atoms with van der Waals surface area (Å²) in [6.07, 6.45) is 5.81. The highest BCUT2D eigenvalue weighted by atomic mass is 16.5. The third-order valence-electron chi connectivity index (χ3n) is 5.75. The molecule has 0 aliphatic carbocycles. The molecule has 1 atom stereocenters. The molecule has 0 saturated carbocycles. The molecule has 1 aliphatic rings. The van der Waals surface area contributed by atoms with E-state index >= 15 is 0 Å². The van der Waals surface area contributed by atoms with Crippen LogP contribution in [0, 0.1) is 5.41 Å². The lowest BCUT2D eigenvalue weighted by atomic mass is 9.65. The fraction of sp³-hybridized carbons (Fsp3) is 0.765. The van der Waals surface area contributed by atoms with Crippen molar-refractivity contribution in [2.24, 2.45) is 5.41 Å². The Morgan fingerprint density at radius 3 is 2.13 bits per heavy atom. The van der Waals surface area contributed by atoms with Gasteiger partial charge in [-0.1, -0.05) is 27.7 Å². The number of nitrogens with zero attached hydrogens (tertiary/aromatic N) is 1. The fourth-order valence-electron chi connectivity index (χ4n) is 3.72. The minimum atomic E-state index is -1.14. The number of carboxylic acid groups (broad SMARTS) is 1. The number of piperidine rings is 1. The zero-order valence-electron chi connectivity index (χ0n) is 14.6. The van der Waals surface area contributed by atoms with Crippen molar-refractivity contribution < 1.29 is 19.9 Å². The largest absolute Gasteiger partial charge is 0.478 e.